The van der Waals surface area contributed by atoms with E-state index in [-0.39, 0.29) is 26.4 Å². The number of hydrogen-bond acceptors (Lipinski definition) is 4. The van der Waals surface area contributed by atoms with Gasteiger partial charge in [-0.2, -0.15) is 0 Å². The van der Waals surface area contributed by atoms with Crippen LogP contribution in [0.15, 0.2) is 24.3 Å². The molecule has 108 valence electrons. The van der Waals surface area contributed by atoms with Gasteiger partial charge in [0.25, 0.3) is 0 Å². The highest BCUT2D eigenvalue weighted by atomic mass is 16.6. The lowest BCUT2D eigenvalue weighted by Crippen LogP contribution is -2.45. The van der Waals surface area contributed by atoms with Crippen molar-refractivity contribution in [2.75, 3.05) is 13.7 Å². The molecule has 2 rings (SSSR count). The average molecular weight is 276 g/mol. The molecule has 1 aliphatic heterocycles. The number of rotatable bonds is 5. The highest BCUT2D eigenvalue weighted by Gasteiger charge is 2.29. The van der Waals surface area contributed by atoms with Gasteiger partial charge in [-0.25, -0.2) is 0 Å². The Morgan fingerprint density at radius 1 is 1.30 bits per heavy atom. The van der Waals surface area contributed by atoms with Gasteiger partial charge in [0.15, 0.2) is 0 Å². The third-order valence-corrected chi connectivity index (χ3v) is 3.24. The third-order valence-electron chi connectivity index (χ3n) is 3.24. The van der Waals surface area contributed by atoms with E-state index in [1.807, 2.05) is 38.1 Å². The molecule has 0 radical (unpaired) electrons. The van der Waals surface area contributed by atoms with Crippen LogP contribution in [0, 0.1) is 0 Å². The Morgan fingerprint density at radius 3 is 2.55 bits per heavy atom. The van der Waals surface area contributed by atoms with Crippen LogP contribution in [-0.2, 0) is 18.6 Å². The lowest BCUT2D eigenvalue weighted by molar-refractivity contribution is 0.0861. The summed E-state index contributed by atoms with van der Waals surface area (Å²) in [5, 5.41) is 0. The average Bonchev–Trinajstić information content (AvgIpc) is 2.45. The first-order chi connectivity index (χ1) is 9.60. The van der Waals surface area contributed by atoms with Gasteiger partial charge in [0.1, 0.15) is 0 Å². The second kappa shape index (κ2) is 7.27. The summed E-state index contributed by atoms with van der Waals surface area (Å²) >= 11 is 0. The summed E-state index contributed by atoms with van der Waals surface area (Å²) in [6.45, 7) is 6.79. The summed E-state index contributed by atoms with van der Waals surface area (Å²) in [4.78, 5) is 0. The molecular formula is C14H22B2O4. The van der Waals surface area contributed by atoms with E-state index in [9.17, 15) is 0 Å². The Labute approximate surface area is 122 Å². The van der Waals surface area contributed by atoms with Gasteiger partial charge >= 0.3 is 14.2 Å². The van der Waals surface area contributed by atoms with Crippen molar-refractivity contribution in [1.82, 2.24) is 0 Å². The molecule has 4 nitrogen and oxygen atoms in total. The number of hydrogen-bond donors (Lipinski definition) is 0. The van der Waals surface area contributed by atoms with Gasteiger partial charge in [0.05, 0.1) is 0 Å². The van der Waals surface area contributed by atoms with E-state index in [0.29, 0.717) is 0 Å². The van der Waals surface area contributed by atoms with Crippen molar-refractivity contribution < 1.29 is 18.6 Å². The molecule has 1 fully saturated rings. The minimum Gasteiger partial charge on any atom is -0.410 e. The Balaban J connectivity index is 2.05. The van der Waals surface area contributed by atoms with E-state index >= 15 is 0 Å². The van der Waals surface area contributed by atoms with Gasteiger partial charge in [-0.15, -0.1) is 0 Å². The SMILES string of the molecule is COB(OC(C)C)c1ccc(B2OCCC(C)O2)cc1. The van der Waals surface area contributed by atoms with Crippen molar-refractivity contribution in [3.05, 3.63) is 24.3 Å². The molecule has 0 spiro atoms. The van der Waals surface area contributed by atoms with Crippen molar-refractivity contribution in [2.45, 2.75) is 39.4 Å². The molecule has 1 aliphatic rings. The van der Waals surface area contributed by atoms with Crippen LogP contribution >= 0.6 is 0 Å². The van der Waals surface area contributed by atoms with Crippen molar-refractivity contribution in [3.8, 4) is 0 Å². The largest absolute Gasteiger partial charge is 0.494 e. The molecule has 0 saturated carbocycles. The molecule has 0 amide bonds. The molecule has 1 aromatic carbocycles. The van der Waals surface area contributed by atoms with Crippen LogP contribution in [0.3, 0.4) is 0 Å². The first kappa shape index (κ1) is 15.6. The Kier molecular flexibility index (Phi) is 5.66. The fourth-order valence-corrected chi connectivity index (χ4v) is 2.16. The quantitative estimate of drug-likeness (QED) is 0.751. The Bertz CT molecular complexity index is 387. The van der Waals surface area contributed by atoms with Gasteiger partial charge in [0.2, 0.25) is 0 Å². The molecule has 6 heteroatoms. The smallest absolute Gasteiger partial charge is 0.410 e. The normalized spacial score (nSPS) is 19.4. The molecule has 1 heterocycles. The summed E-state index contributed by atoms with van der Waals surface area (Å²) in [5.74, 6) is 0. The van der Waals surface area contributed by atoms with Crippen LogP contribution < -0.4 is 10.9 Å². The van der Waals surface area contributed by atoms with E-state index in [0.717, 1.165) is 24.0 Å². The van der Waals surface area contributed by atoms with Crippen LogP contribution in [0.5, 0.6) is 0 Å². The highest BCUT2D eigenvalue weighted by Crippen LogP contribution is 2.09. The maximum atomic E-state index is 5.78. The third kappa shape index (κ3) is 4.09. The lowest BCUT2D eigenvalue weighted by Gasteiger charge is -2.25. The summed E-state index contributed by atoms with van der Waals surface area (Å²) in [5.41, 5.74) is 2.02. The number of benzene rings is 1. The van der Waals surface area contributed by atoms with Gasteiger partial charge in [-0.05, 0) is 38.1 Å². The predicted octanol–water partition coefficient (Wildman–Crippen LogP) is 0.974. The van der Waals surface area contributed by atoms with Gasteiger partial charge < -0.3 is 18.6 Å². The van der Waals surface area contributed by atoms with Crippen LogP contribution in [0.4, 0.5) is 0 Å². The zero-order valence-electron chi connectivity index (χ0n) is 12.7. The molecular weight excluding hydrogens is 254 g/mol. The Hall–Kier alpha value is -0.810. The first-order valence-corrected chi connectivity index (χ1v) is 7.15. The molecule has 1 aromatic rings. The maximum absolute atomic E-state index is 5.78. The first-order valence-electron chi connectivity index (χ1n) is 7.15. The molecule has 0 N–H and O–H groups in total. The second-order valence-electron chi connectivity index (χ2n) is 5.36. The molecule has 0 aliphatic carbocycles. The van der Waals surface area contributed by atoms with Gasteiger partial charge in [-0.1, -0.05) is 24.3 Å². The zero-order chi connectivity index (χ0) is 14.5. The standard InChI is InChI=1S/C14H22B2O4/c1-11(2)19-15(17-4)13-5-7-14(8-6-13)16-18-10-9-12(3)20-16/h5-8,11-12H,9-10H2,1-4H3. The van der Waals surface area contributed by atoms with Crippen LogP contribution in [-0.4, -0.2) is 40.2 Å². The lowest BCUT2D eigenvalue weighted by atomic mass is 9.73. The van der Waals surface area contributed by atoms with Gasteiger partial charge in [0, 0.05) is 25.9 Å². The topological polar surface area (TPSA) is 36.9 Å². The van der Waals surface area contributed by atoms with E-state index in [1.165, 1.54) is 0 Å². The van der Waals surface area contributed by atoms with Crippen molar-refractivity contribution >= 4 is 25.2 Å². The summed E-state index contributed by atoms with van der Waals surface area (Å²) in [6, 6.07) is 8.01. The Morgan fingerprint density at radius 2 is 2.00 bits per heavy atom. The summed E-state index contributed by atoms with van der Waals surface area (Å²) in [6.07, 6.45) is 1.30. The van der Waals surface area contributed by atoms with E-state index in [1.54, 1.807) is 7.11 Å². The predicted molar refractivity (Wildman–Crippen MR) is 81.6 cm³/mol. The molecule has 20 heavy (non-hydrogen) atoms. The van der Waals surface area contributed by atoms with Crippen molar-refractivity contribution in [3.63, 3.8) is 0 Å². The van der Waals surface area contributed by atoms with Crippen molar-refractivity contribution in [1.29, 1.82) is 0 Å². The van der Waals surface area contributed by atoms with E-state index < -0.39 is 0 Å². The minimum absolute atomic E-state index is 0.116. The summed E-state index contributed by atoms with van der Waals surface area (Å²) in [7, 11) is 1.05. The molecule has 0 bridgehead atoms. The van der Waals surface area contributed by atoms with Crippen LogP contribution in [0.1, 0.15) is 27.2 Å². The maximum Gasteiger partial charge on any atom is 0.494 e. The van der Waals surface area contributed by atoms with Gasteiger partial charge in [-0.3, -0.25) is 0 Å². The van der Waals surface area contributed by atoms with E-state index in [2.05, 4.69) is 6.92 Å². The second-order valence-corrected chi connectivity index (χ2v) is 5.36. The highest BCUT2D eigenvalue weighted by molar-refractivity contribution is 6.63. The van der Waals surface area contributed by atoms with E-state index in [4.69, 9.17) is 18.6 Å². The molecule has 1 saturated heterocycles. The van der Waals surface area contributed by atoms with Crippen LogP contribution in [0.25, 0.3) is 0 Å². The van der Waals surface area contributed by atoms with Crippen molar-refractivity contribution in [2.24, 2.45) is 0 Å². The molecule has 1 atom stereocenters. The fourth-order valence-electron chi connectivity index (χ4n) is 2.16. The fraction of sp³-hybridized carbons (Fsp3) is 0.571. The molecule has 1 unspecified atom stereocenters. The summed E-state index contributed by atoms with van der Waals surface area (Å²) < 4.78 is 22.5. The minimum atomic E-state index is -0.337. The molecule has 0 aromatic heterocycles. The zero-order valence-corrected chi connectivity index (χ0v) is 12.7. The van der Waals surface area contributed by atoms with Crippen LogP contribution in [0.2, 0.25) is 0 Å². The monoisotopic (exact) mass is 276 g/mol.